The average molecular weight is 631 g/mol. The molecule has 0 spiro atoms. The van der Waals surface area contributed by atoms with Gasteiger partial charge in [-0.2, -0.15) is 0 Å². The molecule has 0 atom stereocenters. The molecule has 0 aliphatic heterocycles. The van der Waals surface area contributed by atoms with E-state index >= 15 is 0 Å². The molecular formula is C34H32Cl2N2Zr-2. The Morgan fingerprint density at radius 2 is 0.872 bits per heavy atom. The number of benzene rings is 2. The van der Waals surface area contributed by atoms with Crippen LogP contribution in [0.3, 0.4) is 0 Å². The van der Waals surface area contributed by atoms with Crippen molar-refractivity contribution >= 4 is 21.5 Å². The molecule has 5 heteroatoms. The number of pyridine rings is 2. The number of hydrogen-bond acceptors (Lipinski definition) is 2. The van der Waals surface area contributed by atoms with Crippen LogP contribution in [0.1, 0.15) is 50.7 Å². The van der Waals surface area contributed by atoms with Gasteiger partial charge in [0.25, 0.3) is 0 Å². The second-order valence-electron chi connectivity index (χ2n) is 9.86. The van der Waals surface area contributed by atoms with E-state index in [1.165, 1.54) is 43.8 Å². The molecule has 0 saturated carbocycles. The third kappa shape index (κ3) is 6.96. The molecule has 39 heavy (non-hydrogen) atoms. The number of fused-ring (bicyclic) bond motifs is 2. The maximum absolute atomic E-state index is 4.51. The normalized spacial score (nSPS) is 10.4. The Hall–Kier alpha value is -2.58. The topological polar surface area (TPSA) is 25.8 Å². The van der Waals surface area contributed by atoms with Gasteiger partial charge in [-0.3, -0.25) is 9.97 Å². The van der Waals surface area contributed by atoms with Crippen molar-refractivity contribution in [3.05, 3.63) is 121 Å². The molecule has 198 valence electrons. The van der Waals surface area contributed by atoms with E-state index in [4.69, 9.17) is 0 Å². The van der Waals surface area contributed by atoms with E-state index in [0.717, 1.165) is 11.4 Å². The van der Waals surface area contributed by atoms with Gasteiger partial charge < -0.3 is 24.8 Å². The van der Waals surface area contributed by atoms with E-state index in [1.54, 1.807) is 0 Å². The van der Waals surface area contributed by atoms with Crippen molar-refractivity contribution in [2.45, 2.75) is 39.5 Å². The summed E-state index contributed by atoms with van der Waals surface area (Å²) in [5.41, 5.74) is 7.50. The van der Waals surface area contributed by atoms with Crippen molar-refractivity contribution < 1.29 is 51.0 Å². The average Bonchev–Trinajstić information content (AvgIpc) is 3.50. The molecule has 0 unspecified atom stereocenters. The number of halogens is 2. The van der Waals surface area contributed by atoms with Gasteiger partial charge in [0.15, 0.2) is 0 Å². The molecule has 0 N–H and O–H groups in total. The van der Waals surface area contributed by atoms with Gasteiger partial charge in [0.1, 0.15) is 0 Å². The minimum Gasteiger partial charge on any atom is -1.00 e. The van der Waals surface area contributed by atoms with Crippen LogP contribution in [0.25, 0.3) is 44.1 Å². The van der Waals surface area contributed by atoms with Gasteiger partial charge in [0.2, 0.25) is 0 Å². The number of hydrogen-bond donors (Lipinski definition) is 0. The maximum Gasteiger partial charge on any atom is 2.00 e. The second-order valence-corrected chi connectivity index (χ2v) is 9.86. The first-order valence-electron chi connectivity index (χ1n) is 12.7. The van der Waals surface area contributed by atoms with Crippen molar-refractivity contribution in [2.75, 3.05) is 0 Å². The largest absolute Gasteiger partial charge is 2.00 e. The standard InChI is InChI=1S/2C17H16N.2ClH.Zr/c2*1-12(2)15-11-13-7-3-4-8-14(13)17(15)16-9-5-6-10-18-16;;;/h2*3-12H,1-2H3;2*1H;/q2*-1;;;+2/p-2. The smallest absolute Gasteiger partial charge is 1.00 e. The zero-order chi connectivity index (χ0) is 25.1. The van der Waals surface area contributed by atoms with Crippen LogP contribution in [-0.2, 0) is 26.2 Å². The van der Waals surface area contributed by atoms with Gasteiger partial charge in [0, 0.05) is 23.8 Å². The first-order chi connectivity index (χ1) is 17.5. The molecule has 6 rings (SSSR count). The predicted molar refractivity (Wildman–Crippen MR) is 154 cm³/mol. The van der Waals surface area contributed by atoms with Crippen molar-refractivity contribution in [3.8, 4) is 22.5 Å². The molecular weight excluding hydrogens is 599 g/mol. The zero-order valence-corrected chi connectivity index (χ0v) is 26.7. The van der Waals surface area contributed by atoms with E-state index in [2.05, 4.69) is 110 Å². The van der Waals surface area contributed by atoms with Gasteiger partial charge >= 0.3 is 26.2 Å². The molecule has 0 amide bonds. The van der Waals surface area contributed by atoms with E-state index in [9.17, 15) is 0 Å². The maximum atomic E-state index is 4.51. The summed E-state index contributed by atoms with van der Waals surface area (Å²) < 4.78 is 0. The molecule has 6 aromatic rings. The quantitative estimate of drug-likeness (QED) is 0.279. The second kappa shape index (κ2) is 14.7. The predicted octanol–water partition coefficient (Wildman–Crippen LogP) is 3.49. The monoisotopic (exact) mass is 628 g/mol. The van der Waals surface area contributed by atoms with Crippen LogP contribution in [-0.4, -0.2) is 9.97 Å². The Labute approximate surface area is 263 Å². The summed E-state index contributed by atoms with van der Waals surface area (Å²) in [6.07, 6.45) is 3.72. The Bertz CT molecular complexity index is 1460. The fraction of sp³-hybridized carbons (Fsp3) is 0.176. The van der Waals surface area contributed by atoms with Crippen molar-refractivity contribution in [1.82, 2.24) is 9.97 Å². The molecule has 0 saturated heterocycles. The zero-order valence-electron chi connectivity index (χ0n) is 22.7. The van der Waals surface area contributed by atoms with E-state index in [1.807, 2.05) is 36.7 Å². The molecule has 0 radical (unpaired) electrons. The number of rotatable bonds is 4. The summed E-state index contributed by atoms with van der Waals surface area (Å²) >= 11 is 0. The number of nitrogens with zero attached hydrogens (tertiary/aromatic N) is 2. The van der Waals surface area contributed by atoms with Gasteiger partial charge in [-0.05, 0) is 11.8 Å². The Balaban J connectivity index is 0.000000254. The molecule has 2 heterocycles. The van der Waals surface area contributed by atoms with Crippen molar-refractivity contribution in [2.24, 2.45) is 0 Å². The van der Waals surface area contributed by atoms with Crippen LogP contribution < -0.4 is 24.8 Å². The van der Waals surface area contributed by atoms with Crippen molar-refractivity contribution in [3.63, 3.8) is 0 Å². The molecule has 4 aromatic carbocycles. The Kier molecular flexibility index (Phi) is 12.3. The van der Waals surface area contributed by atoms with Gasteiger partial charge in [-0.1, -0.05) is 112 Å². The number of aromatic nitrogens is 2. The fourth-order valence-electron chi connectivity index (χ4n) is 5.00. The van der Waals surface area contributed by atoms with Crippen LogP contribution in [0.15, 0.2) is 109 Å². The summed E-state index contributed by atoms with van der Waals surface area (Å²) in [7, 11) is 0. The molecule has 0 aliphatic rings. The first kappa shape index (κ1) is 32.6. The molecule has 0 aliphatic carbocycles. The minimum atomic E-state index is 0. The summed E-state index contributed by atoms with van der Waals surface area (Å²) in [6.45, 7) is 8.95. The van der Waals surface area contributed by atoms with Crippen LogP contribution >= 0.6 is 0 Å². The summed E-state index contributed by atoms with van der Waals surface area (Å²) in [5, 5.41) is 5.23. The third-order valence-electron chi connectivity index (χ3n) is 6.75. The van der Waals surface area contributed by atoms with E-state index in [0.29, 0.717) is 11.8 Å². The van der Waals surface area contributed by atoms with Crippen LogP contribution in [0.2, 0.25) is 0 Å². The van der Waals surface area contributed by atoms with Crippen LogP contribution in [0.4, 0.5) is 0 Å². The molecule has 2 nitrogen and oxygen atoms in total. The molecule has 0 fully saturated rings. The van der Waals surface area contributed by atoms with Gasteiger partial charge in [-0.15, -0.1) is 56.9 Å². The minimum absolute atomic E-state index is 0. The summed E-state index contributed by atoms with van der Waals surface area (Å²) in [4.78, 5) is 9.03. The molecule has 2 aromatic heterocycles. The van der Waals surface area contributed by atoms with Gasteiger partial charge in [-0.25, -0.2) is 0 Å². The Morgan fingerprint density at radius 3 is 1.21 bits per heavy atom. The Morgan fingerprint density at radius 1 is 0.513 bits per heavy atom. The van der Waals surface area contributed by atoms with Crippen LogP contribution in [0.5, 0.6) is 0 Å². The molecule has 0 bridgehead atoms. The third-order valence-corrected chi connectivity index (χ3v) is 6.75. The van der Waals surface area contributed by atoms with Crippen molar-refractivity contribution in [1.29, 1.82) is 0 Å². The van der Waals surface area contributed by atoms with Crippen LogP contribution in [0, 0.1) is 0 Å². The SMILES string of the molecule is CC(C)c1cc2ccccc2[c-]1-c1ccccn1.CC(C)c1cc2ccccc2[c-]1-c1ccccn1.[Cl-].[Cl-].[Zr+2]. The van der Waals surface area contributed by atoms with E-state index in [-0.39, 0.29) is 51.0 Å². The van der Waals surface area contributed by atoms with E-state index < -0.39 is 0 Å². The summed E-state index contributed by atoms with van der Waals surface area (Å²) in [6, 6.07) is 33.9. The first-order valence-corrected chi connectivity index (χ1v) is 12.7. The fourth-order valence-corrected chi connectivity index (χ4v) is 5.00. The summed E-state index contributed by atoms with van der Waals surface area (Å²) in [5.74, 6) is 1.02. The van der Waals surface area contributed by atoms with Gasteiger partial charge in [0.05, 0.1) is 0 Å².